The minimum Gasteiger partial charge on any atom is -0.382 e. The number of carbonyl (C=O) groups is 1. The molecule has 0 aromatic heterocycles. The first kappa shape index (κ1) is 14.6. The van der Waals surface area contributed by atoms with Gasteiger partial charge in [-0.3, -0.25) is 4.79 Å². The Hall–Kier alpha value is -1.51. The summed E-state index contributed by atoms with van der Waals surface area (Å²) in [6.07, 6.45) is 2.29. The van der Waals surface area contributed by atoms with Crippen molar-refractivity contribution in [1.29, 1.82) is 0 Å². The van der Waals surface area contributed by atoms with Crippen LogP contribution in [-0.4, -0.2) is 30.9 Å². The molecule has 3 heteroatoms. The Balaban J connectivity index is 2.91. The summed E-state index contributed by atoms with van der Waals surface area (Å²) in [5.41, 5.74) is 2.97. The number of anilines is 1. The van der Waals surface area contributed by atoms with Gasteiger partial charge in [-0.25, -0.2) is 0 Å². The summed E-state index contributed by atoms with van der Waals surface area (Å²) in [5, 5.41) is 3.47. The number of nitrogens with one attached hydrogen (secondary N) is 1. The molecule has 1 atom stereocenters. The molecule has 0 aliphatic heterocycles. The van der Waals surface area contributed by atoms with Crippen LogP contribution in [0.4, 0.5) is 5.69 Å². The Morgan fingerprint density at radius 1 is 1.39 bits per heavy atom. The lowest BCUT2D eigenvalue weighted by Crippen LogP contribution is -2.22. The van der Waals surface area contributed by atoms with Gasteiger partial charge in [0.15, 0.2) is 0 Å². The number of benzene rings is 1. The van der Waals surface area contributed by atoms with Crippen molar-refractivity contribution < 1.29 is 4.79 Å². The predicted molar refractivity (Wildman–Crippen MR) is 77.2 cm³/mol. The zero-order valence-corrected chi connectivity index (χ0v) is 12.1. The quantitative estimate of drug-likeness (QED) is 0.867. The fourth-order valence-corrected chi connectivity index (χ4v) is 1.94. The van der Waals surface area contributed by atoms with Crippen molar-refractivity contribution in [2.75, 3.05) is 19.4 Å². The van der Waals surface area contributed by atoms with Crippen molar-refractivity contribution in [3.05, 3.63) is 29.3 Å². The van der Waals surface area contributed by atoms with Crippen LogP contribution < -0.4 is 5.32 Å². The first-order chi connectivity index (χ1) is 8.45. The highest BCUT2D eigenvalue weighted by atomic mass is 16.2. The van der Waals surface area contributed by atoms with Crippen molar-refractivity contribution in [2.24, 2.45) is 0 Å². The molecule has 0 fully saturated rings. The maximum absolute atomic E-state index is 11.9. The van der Waals surface area contributed by atoms with Gasteiger partial charge in [-0.1, -0.05) is 19.4 Å². The summed E-state index contributed by atoms with van der Waals surface area (Å²) < 4.78 is 0. The maximum Gasteiger partial charge on any atom is 0.253 e. The molecular formula is C15H24N2O. The second-order valence-corrected chi connectivity index (χ2v) is 5.06. The zero-order valence-electron chi connectivity index (χ0n) is 12.1. The van der Waals surface area contributed by atoms with Crippen molar-refractivity contribution in [2.45, 2.75) is 39.7 Å². The van der Waals surface area contributed by atoms with Crippen molar-refractivity contribution in [1.82, 2.24) is 4.90 Å². The SMILES string of the molecule is CCCC(C)Nc1cc(C(=O)N(C)C)ccc1C. The second-order valence-electron chi connectivity index (χ2n) is 5.06. The van der Waals surface area contributed by atoms with Gasteiger partial charge in [-0.2, -0.15) is 0 Å². The number of hydrogen-bond donors (Lipinski definition) is 1. The lowest BCUT2D eigenvalue weighted by molar-refractivity contribution is 0.0827. The van der Waals surface area contributed by atoms with Crippen LogP contribution in [0.3, 0.4) is 0 Å². The number of hydrogen-bond acceptors (Lipinski definition) is 2. The topological polar surface area (TPSA) is 32.3 Å². The van der Waals surface area contributed by atoms with E-state index in [9.17, 15) is 4.79 Å². The van der Waals surface area contributed by atoms with Crippen molar-refractivity contribution in [3.8, 4) is 0 Å². The molecule has 1 amide bonds. The molecule has 0 aliphatic rings. The maximum atomic E-state index is 11.9. The van der Waals surface area contributed by atoms with Gasteiger partial charge in [0.2, 0.25) is 0 Å². The van der Waals surface area contributed by atoms with Gasteiger partial charge >= 0.3 is 0 Å². The molecular weight excluding hydrogens is 224 g/mol. The molecule has 0 saturated carbocycles. The average molecular weight is 248 g/mol. The molecule has 0 spiro atoms. The molecule has 1 unspecified atom stereocenters. The molecule has 0 saturated heterocycles. The Labute approximate surface area is 110 Å². The van der Waals surface area contributed by atoms with Crippen molar-refractivity contribution >= 4 is 11.6 Å². The van der Waals surface area contributed by atoms with Gasteiger partial charge in [-0.05, 0) is 38.0 Å². The minimum absolute atomic E-state index is 0.0428. The van der Waals surface area contributed by atoms with E-state index in [-0.39, 0.29) is 5.91 Å². The number of nitrogens with zero attached hydrogens (tertiary/aromatic N) is 1. The second kappa shape index (κ2) is 6.43. The summed E-state index contributed by atoms with van der Waals surface area (Å²) in [7, 11) is 3.55. The van der Waals surface area contributed by atoms with E-state index in [0.717, 1.165) is 24.1 Å². The molecule has 0 bridgehead atoms. The van der Waals surface area contributed by atoms with E-state index >= 15 is 0 Å². The van der Waals surface area contributed by atoms with Gasteiger partial charge in [0.1, 0.15) is 0 Å². The molecule has 0 heterocycles. The molecule has 100 valence electrons. The number of amides is 1. The van der Waals surface area contributed by atoms with E-state index in [1.54, 1.807) is 19.0 Å². The monoisotopic (exact) mass is 248 g/mol. The largest absolute Gasteiger partial charge is 0.382 e. The zero-order chi connectivity index (χ0) is 13.7. The van der Waals surface area contributed by atoms with E-state index in [4.69, 9.17) is 0 Å². The highest BCUT2D eigenvalue weighted by Gasteiger charge is 2.10. The summed E-state index contributed by atoms with van der Waals surface area (Å²) in [6, 6.07) is 6.26. The van der Waals surface area contributed by atoms with Crippen LogP contribution in [-0.2, 0) is 0 Å². The van der Waals surface area contributed by atoms with Gasteiger partial charge in [0.25, 0.3) is 5.91 Å². The molecule has 1 N–H and O–H groups in total. The van der Waals surface area contributed by atoms with Crippen LogP contribution in [0.1, 0.15) is 42.6 Å². The van der Waals surface area contributed by atoms with Crippen molar-refractivity contribution in [3.63, 3.8) is 0 Å². The minimum atomic E-state index is 0.0428. The van der Waals surface area contributed by atoms with E-state index in [1.165, 1.54) is 5.56 Å². The highest BCUT2D eigenvalue weighted by molar-refractivity contribution is 5.95. The third-order valence-corrected chi connectivity index (χ3v) is 3.01. The Morgan fingerprint density at radius 2 is 2.06 bits per heavy atom. The summed E-state index contributed by atoms with van der Waals surface area (Å²) in [6.45, 7) is 6.41. The van der Waals surface area contributed by atoms with Gasteiger partial charge in [0.05, 0.1) is 0 Å². The summed E-state index contributed by atoms with van der Waals surface area (Å²) in [5.74, 6) is 0.0428. The smallest absolute Gasteiger partial charge is 0.253 e. The first-order valence-electron chi connectivity index (χ1n) is 6.54. The first-order valence-corrected chi connectivity index (χ1v) is 6.54. The van der Waals surface area contributed by atoms with Crippen LogP contribution in [0.25, 0.3) is 0 Å². The predicted octanol–water partition coefficient (Wildman–Crippen LogP) is 3.30. The van der Waals surface area contributed by atoms with E-state index in [0.29, 0.717) is 6.04 Å². The van der Waals surface area contributed by atoms with Crippen LogP contribution in [0.15, 0.2) is 18.2 Å². The average Bonchev–Trinajstić information content (AvgIpc) is 2.31. The Kier molecular flexibility index (Phi) is 5.20. The molecule has 3 nitrogen and oxygen atoms in total. The molecule has 1 rings (SSSR count). The van der Waals surface area contributed by atoms with Crippen LogP contribution in [0, 0.1) is 6.92 Å². The molecule has 1 aromatic rings. The third kappa shape index (κ3) is 3.76. The van der Waals surface area contributed by atoms with Gasteiger partial charge in [0, 0.05) is 31.4 Å². The van der Waals surface area contributed by atoms with Crippen LogP contribution in [0.2, 0.25) is 0 Å². The van der Waals surface area contributed by atoms with Gasteiger partial charge < -0.3 is 10.2 Å². The summed E-state index contributed by atoms with van der Waals surface area (Å²) in [4.78, 5) is 13.5. The fraction of sp³-hybridized carbons (Fsp3) is 0.533. The normalized spacial score (nSPS) is 12.1. The molecule has 1 aromatic carbocycles. The van der Waals surface area contributed by atoms with Gasteiger partial charge in [-0.15, -0.1) is 0 Å². The third-order valence-electron chi connectivity index (χ3n) is 3.01. The Morgan fingerprint density at radius 3 is 2.61 bits per heavy atom. The Bertz CT molecular complexity index is 413. The van der Waals surface area contributed by atoms with Crippen LogP contribution in [0.5, 0.6) is 0 Å². The summed E-state index contributed by atoms with van der Waals surface area (Å²) >= 11 is 0. The lowest BCUT2D eigenvalue weighted by atomic mass is 10.1. The lowest BCUT2D eigenvalue weighted by Gasteiger charge is -2.18. The molecule has 0 radical (unpaired) electrons. The number of rotatable bonds is 5. The fourth-order valence-electron chi connectivity index (χ4n) is 1.94. The van der Waals surface area contributed by atoms with E-state index < -0.39 is 0 Å². The molecule has 18 heavy (non-hydrogen) atoms. The van der Waals surface area contributed by atoms with E-state index in [2.05, 4.69) is 26.1 Å². The number of carbonyl (C=O) groups excluding carboxylic acids is 1. The van der Waals surface area contributed by atoms with E-state index in [1.807, 2.05) is 18.2 Å². The number of aryl methyl sites for hydroxylation is 1. The van der Waals surface area contributed by atoms with Crippen LogP contribution >= 0.6 is 0 Å². The molecule has 0 aliphatic carbocycles. The standard InChI is InChI=1S/C15H24N2O/c1-6-7-12(3)16-14-10-13(9-8-11(14)2)15(18)17(4)5/h8-10,12,16H,6-7H2,1-5H3. The highest BCUT2D eigenvalue weighted by Crippen LogP contribution is 2.19.